The Balaban J connectivity index is 2.05. The van der Waals surface area contributed by atoms with Crippen LogP contribution in [-0.4, -0.2) is 5.11 Å². The summed E-state index contributed by atoms with van der Waals surface area (Å²) in [5.74, 6) is 0.536. The van der Waals surface area contributed by atoms with E-state index in [-0.39, 0.29) is 6.04 Å². The van der Waals surface area contributed by atoms with E-state index in [0.29, 0.717) is 16.1 Å². The molecule has 24 heavy (non-hydrogen) atoms. The first-order valence-electron chi connectivity index (χ1n) is 8.03. The molecule has 2 rings (SSSR count). The fourth-order valence-corrected chi connectivity index (χ4v) is 3.41. The third-order valence-corrected chi connectivity index (χ3v) is 4.92. The van der Waals surface area contributed by atoms with Gasteiger partial charge in [0.05, 0.1) is 16.8 Å². The van der Waals surface area contributed by atoms with E-state index in [0.717, 1.165) is 16.6 Å². The minimum Gasteiger partial charge on any atom is -0.356 e. The van der Waals surface area contributed by atoms with Crippen molar-refractivity contribution in [3.05, 3.63) is 63.1 Å². The highest BCUT2D eigenvalue weighted by Crippen LogP contribution is 2.26. The summed E-state index contributed by atoms with van der Waals surface area (Å²) in [5, 5.41) is 7.74. The van der Waals surface area contributed by atoms with E-state index < -0.39 is 0 Å². The maximum Gasteiger partial charge on any atom is 0.171 e. The van der Waals surface area contributed by atoms with Crippen LogP contribution in [0.15, 0.2) is 46.9 Å². The van der Waals surface area contributed by atoms with Crippen LogP contribution in [-0.2, 0) is 0 Å². The quantitative estimate of drug-likeness (QED) is 0.523. The van der Waals surface area contributed by atoms with Gasteiger partial charge in [0.2, 0.25) is 0 Å². The lowest BCUT2D eigenvalue weighted by Crippen LogP contribution is -2.32. The first-order valence-corrected chi connectivity index (χ1v) is 9.61. The number of halogens is 2. The Labute approximate surface area is 163 Å². The summed E-state index contributed by atoms with van der Waals surface area (Å²) in [5.41, 5.74) is 3.37. The zero-order chi connectivity index (χ0) is 17.7. The largest absolute Gasteiger partial charge is 0.356 e. The molecule has 128 valence electrons. The predicted octanol–water partition coefficient (Wildman–Crippen LogP) is 6.66. The van der Waals surface area contributed by atoms with Crippen molar-refractivity contribution >= 4 is 50.5 Å². The fourth-order valence-electron chi connectivity index (χ4n) is 2.44. The molecule has 0 aromatic heterocycles. The van der Waals surface area contributed by atoms with Gasteiger partial charge in [-0.05, 0) is 53.9 Å². The molecule has 0 heterocycles. The lowest BCUT2D eigenvalue weighted by Gasteiger charge is -2.21. The molecular formula is C19H22BrClN2S. The molecule has 2 aromatic carbocycles. The molecule has 2 aromatic rings. The van der Waals surface area contributed by atoms with Crippen LogP contribution >= 0.6 is 39.7 Å². The van der Waals surface area contributed by atoms with Crippen LogP contribution in [0.2, 0.25) is 5.02 Å². The van der Waals surface area contributed by atoms with Gasteiger partial charge in [-0.2, -0.15) is 0 Å². The van der Waals surface area contributed by atoms with E-state index in [4.69, 9.17) is 23.8 Å². The maximum absolute atomic E-state index is 6.23. The molecule has 0 fully saturated rings. The highest BCUT2D eigenvalue weighted by molar-refractivity contribution is 9.10. The van der Waals surface area contributed by atoms with Crippen LogP contribution in [0.25, 0.3) is 0 Å². The number of thiocarbonyl (C=S) groups is 1. The highest BCUT2D eigenvalue weighted by atomic mass is 79.9. The van der Waals surface area contributed by atoms with Gasteiger partial charge < -0.3 is 10.6 Å². The number of hydrogen-bond donors (Lipinski definition) is 2. The summed E-state index contributed by atoms with van der Waals surface area (Å²) in [7, 11) is 0. The molecule has 2 nitrogen and oxygen atoms in total. The van der Waals surface area contributed by atoms with E-state index in [1.807, 2.05) is 18.2 Å². The average Bonchev–Trinajstić information content (AvgIpc) is 2.55. The minimum atomic E-state index is 0.167. The Kier molecular flexibility index (Phi) is 7.08. The average molecular weight is 426 g/mol. The number of nitrogens with one attached hydrogen (secondary N) is 2. The SMILES string of the molecule is CCC(NC(=S)Nc1ccc(Br)cc1Cl)c1ccc(C(C)C)cc1. The normalized spacial score (nSPS) is 12.1. The summed E-state index contributed by atoms with van der Waals surface area (Å²) < 4.78 is 0.939. The van der Waals surface area contributed by atoms with Crippen molar-refractivity contribution in [3.63, 3.8) is 0 Å². The molecule has 0 aliphatic rings. The van der Waals surface area contributed by atoms with Crippen LogP contribution in [0.1, 0.15) is 50.3 Å². The van der Waals surface area contributed by atoms with Crippen molar-refractivity contribution in [1.82, 2.24) is 5.32 Å². The Morgan fingerprint density at radius 3 is 2.29 bits per heavy atom. The van der Waals surface area contributed by atoms with Crippen molar-refractivity contribution in [3.8, 4) is 0 Å². The van der Waals surface area contributed by atoms with Crippen LogP contribution in [0.5, 0.6) is 0 Å². The second kappa shape index (κ2) is 8.84. The summed E-state index contributed by atoms with van der Waals surface area (Å²) in [6.07, 6.45) is 0.941. The number of rotatable bonds is 5. The van der Waals surface area contributed by atoms with Gasteiger partial charge in [-0.1, -0.05) is 72.6 Å². The topological polar surface area (TPSA) is 24.1 Å². The van der Waals surface area contributed by atoms with Gasteiger partial charge >= 0.3 is 0 Å². The Hall–Kier alpha value is -1.10. The van der Waals surface area contributed by atoms with Gasteiger partial charge in [-0.15, -0.1) is 0 Å². The van der Waals surface area contributed by atoms with Gasteiger partial charge in [0, 0.05) is 4.47 Å². The van der Waals surface area contributed by atoms with Gasteiger partial charge in [-0.3, -0.25) is 0 Å². The van der Waals surface area contributed by atoms with Crippen molar-refractivity contribution in [2.45, 2.75) is 39.2 Å². The van der Waals surface area contributed by atoms with E-state index in [1.54, 1.807) is 0 Å². The first kappa shape index (κ1) is 19.2. The zero-order valence-electron chi connectivity index (χ0n) is 14.1. The third-order valence-electron chi connectivity index (χ3n) is 3.90. The molecule has 0 saturated carbocycles. The first-order chi connectivity index (χ1) is 11.4. The van der Waals surface area contributed by atoms with Crippen LogP contribution in [0.3, 0.4) is 0 Å². The smallest absolute Gasteiger partial charge is 0.171 e. The van der Waals surface area contributed by atoms with Gasteiger partial charge in [0.15, 0.2) is 5.11 Å². The van der Waals surface area contributed by atoms with Gasteiger partial charge in [0.25, 0.3) is 0 Å². The monoisotopic (exact) mass is 424 g/mol. The zero-order valence-corrected chi connectivity index (χ0v) is 17.2. The molecule has 0 saturated heterocycles. The molecular weight excluding hydrogens is 404 g/mol. The fraction of sp³-hybridized carbons (Fsp3) is 0.316. The molecule has 5 heteroatoms. The molecule has 0 amide bonds. The predicted molar refractivity (Wildman–Crippen MR) is 112 cm³/mol. The Morgan fingerprint density at radius 2 is 1.75 bits per heavy atom. The Morgan fingerprint density at radius 1 is 1.12 bits per heavy atom. The molecule has 0 bridgehead atoms. The van der Waals surface area contributed by atoms with E-state index >= 15 is 0 Å². The summed E-state index contributed by atoms with van der Waals surface area (Å²) in [6.45, 7) is 6.54. The lowest BCUT2D eigenvalue weighted by atomic mass is 9.98. The van der Waals surface area contributed by atoms with Crippen molar-refractivity contribution in [2.24, 2.45) is 0 Å². The van der Waals surface area contributed by atoms with Crippen molar-refractivity contribution < 1.29 is 0 Å². The van der Waals surface area contributed by atoms with Crippen molar-refractivity contribution in [2.75, 3.05) is 5.32 Å². The minimum absolute atomic E-state index is 0.167. The van der Waals surface area contributed by atoms with Crippen LogP contribution in [0, 0.1) is 0 Å². The number of benzene rings is 2. The lowest BCUT2D eigenvalue weighted by molar-refractivity contribution is 0.628. The van der Waals surface area contributed by atoms with Gasteiger partial charge in [-0.25, -0.2) is 0 Å². The molecule has 0 spiro atoms. The number of hydrogen-bond acceptors (Lipinski definition) is 1. The third kappa shape index (κ3) is 5.20. The van der Waals surface area contributed by atoms with Crippen molar-refractivity contribution in [1.29, 1.82) is 0 Å². The molecule has 1 atom stereocenters. The standard InChI is InChI=1S/C19H22BrClN2S/c1-4-17(14-7-5-13(6-8-14)12(2)3)22-19(24)23-18-10-9-15(20)11-16(18)21/h5-12,17H,4H2,1-3H3,(H2,22,23,24). The Bertz CT molecular complexity index is 701. The molecule has 0 radical (unpaired) electrons. The maximum atomic E-state index is 6.23. The summed E-state index contributed by atoms with van der Waals surface area (Å²) >= 11 is 15.1. The van der Waals surface area contributed by atoms with E-state index in [1.165, 1.54) is 11.1 Å². The second-order valence-electron chi connectivity index (χ2n) is 6.00. The van der Waals surface area contributed by atoms with E-state index in [2.05, 4.69) is 71.6 Å². The highest BCUT2D eigenvalue weighted by Gasteiger charge is 2.12. The molecule has 0 aliphatic carbocycles. The number of anilines is 1. The van der Waals surface area contributed by atoms with Crippen LogP contribution < -0.4 is 10.6 Å². The summed E-state index contributed by atoms with van der Waals surface area (Å²) in [6, 6.07) is 14.6. The molecule has 1 unspecified atom stereocenters. The molecule has 2 N–H and O–H groups in total. The second-order valence-corrected chi connectivity index (χ2v) is 7.74. The van der Waals surface area contributed by atoms with E-state index in [9.17, 15) is 0 Å². The van der Waals surface area contributed by atoms with Gasteiger partial charge in [0.1, 0.15) is 0 Å². The summed E-state index contributed by atoms with van der Waals surface area (Å²) in [4.78, 5) is 0. The molecule has 0 aliphatic heterocycles. The van der Waals surface area contributed by atoms with Crippen LogP contribution in [0.4, 0.5) is 5.69 Å².